The Bertz CT molecular complexity index is 1060. The first-order valence-electron chi connectivity index (χ1n) is 8.15. The summed E-state index contributed by atoms with van der Waals surface area (Å²) >= 11 is 7.07. The van der Waals surface area contributed by atoms with Gasteiger partial charge in [0, 0.05) is 27.8 Å². The molecule has 1 unspecified atom stereocenters. The molecular formula is C20H13ClFNO3S. The van der Waals surface area contributed by atoms with Crippen LogP contribution in [-0.2, 0) is 4.79 Å². The van der Waals surface area contributed by atoms with E-state index in [1.54, 1.807) is 18.2 Å². The predicted molar refractivity (Wildman–Crippen MR) is 103 cm³/mol. The fourth-order valence-corrected chi connectivity index (χ4v) is 4.69. The zero-order chi connectivity index (χ0) is 19.1. The van der Waals surface area contributed by atoms with Crippen molar-refractivity contribution in [3.63, 3.8) is 0 Å². The number of carboxylic acid groups (broad SMARTS) is 1. The van der Waals surface area contributed by atoms with Crippen LogP contribution >= 0.6 is 22.9 Å². The number of anilines is 1. The zero-order valence-electron chi connectivity index (χ0n) is 13.8. The number of halogens is 2. The summed E-state index contributed by atoms with van der Waals surface area (Å²) in [6.45, 7) is 0. The van der Waals surface area contributed by atoms with Gasteiger partial charge in [0.25, 0.3) is 0 Å². The summed E-state index contributed by atoms with van der Waals surface area (Å²) in [5, 5.41) is 13.1. The first-order valence-corrected chi connectivity index (χ1v) is 9.34. The molecular weight excluding hydrogens is 389 g/mol. The lowest BCUT2D eigenvalue weighted by Gasteiger charge is -2.24. The predicted octanol–water partition coefficient (Wildman–Crippen LogP) is 5.38. The van der Waals surface area contributed by atoms with Crippen molar-refractivity contribution in [3.8, 4) is 11.1 Å². The van der Waals surface area contributed by atoms with Crippen molar-refractivity contribution in [3.05, 3.63) is 74.7 Å². The molecule has 3 aromatic rings. The van der Waals surface area contributed by atoms with Gasteiger partial charge < -0.3 is 10.4 Å². The van der Waals surface area contributed by atoms with Gasteiger partial charge in [-0.25, -0.2) is 9.18 Å². The average Bonchev–Trinajstić information content (AvgIpc) is 3.01. The van der Waals surface area contributed by atoms with Gasteiger partial charge in [-0.15, -0.1) is 11.3 Å². The Balaban J connectivity index is 1.94. The Kier molecular flexibility index (Phi) is 4.45. The standard InChI is InChI=1S/C20H13ClFNO3S/c21-12-6-4-10(5-7-12)14-9-15(24)23-17-16(11-2-1-3-13(22)8-11)19(20(25)26)27-18(14)17/h1-8,14H,9H2,(H,23,24)(H,25,26). The van der Waals surface area contributed by atoms with E-state index in [4.69, 9.17) is 11.6 Å². The van der Waals surface area contributed by atoms with E-state index in [0.29, 0.717) is 21.8 Å². The zero-order valence-corrected chi connectivity index (χ0v) is 15.4. The number of amides is 1. The second-order valence-corrected chi connectivity index (χ2v) is 7.71. The number of hydrogen-bond donors (Lipinski definition) is 2. The molecule has 0 spiro atoms. The molecule has 1 atom stereocenters. The van der Waals surface area contributed by atoms with Crippen LogP contribution in [-0.4, -0.2) is 17.0 Å². The number of nitrogens with one attached hydrogen (secondary N) is 1. The molecule has 7 heteroatoms. The highest BCUT2D eigenvalue weighted by Gasteiger charge is 2.34. The Morgan fingerprint density at radius 1 is 1.22 bits per heavy atom. The van der Waals surface area contributed by atoms with Gasteiger partial charge in [0.2, 0.25) is 5.91 Å². The summed E-state index contributed by atoms with van der Waals surface area (Å²) in [5.41, 5.74) is 2.08. The van der Waals surface area contributed by atoms with Crippen molar-refractivity contribution in [2.45, 2.75) is 12.3 Å². The van der Waals surface area contributed by atoms with Gasteiger partial charge in [0.1, 0.15) is 10.7 Å². The molecule has 0 fully saturated rings. The number of aromatic carboxylic acids is 1. The normalized spacial score (nSPS) is 15.9. The fraction of sp³-hybridized carbons (Fsp3) is 0.100. The summed E-state index contributed by atoms with van der Waals surface area (Å²) in [4.78, 5) is 25.0. The molecule has 2 heterocycles. The van der Waals surface area contributed by atoms with Gasteiger partial charge in [0.15, 0.2) is 0 Å². The number of carbonyl (C=O) groups is 2. The van der Waals surface area contributed by atoms with E-state index in [9.17, 15) is 19.1 Å². The molecule has 2 N–H and O–H groups in total. The van der Waals surface area contributed by atoms with Crippen molar-refractivity contribution in [2.24, 2.45) is 0 Å². The molecule has 136 valence electrons. The van der Waals surface area contributed by atoms with Crippen molar-refractivity contribution >= 4 is 40.5 Å². The van der Waals surface area contributed by atoms with Crippen LogP contribution in [0.4, 0.5) is 10.1 Å². The maximum atomic E-state index is 13.7. The molecule has 27 heavy (non-hydrogen) atoms. The number of rotatable bonds is 3. The highest BCUT2D eigenvalue weighted by Crippen LogP contribution is 2.49. The van der Waals surface area contributed by atoms with Crippen LogP contribution in [0.1, 0.15) is 32.5 Å². The van der Waals surface area contributed by atoms with Gasteiger partial charge >= 0.3 is 5.97 Å². The quantitative estimate of drug-likeness (QED) is 0.619. The van der Waals surface area contributed by atoms with Crippen LogP contribution in [0.5, 0.6) is 0 Å². The van der Waals surface area contributed by atoms with Gasteiger partial charge in [-0.05, 0) is 35.4 Å². The number of fused-ring (bicyclic) bond motifs is 1. The van der Waals surface area contributed by atoms with Crippen LogP contribution in [0, 0.1) is 5.82 Å². The lowest BCUT2D eigenvalue weighted by Crippen LogP contribution is -2.22. The SMILES string of the molecule is O=C1CC(c2ccc(Cl)cc2)c2sc(C(=O)O)c(-c3cccc(F)c3)c2N1. The molecule has 2 aromatic carbocycles. The number of carboxylic acids is 1. The molecule has 1 aromatic heterocycles. The molecule has 0 radical (unpaired) electrons. The van der Waals surface area contributed by atoms with Crippen molar-refractivity contribution < 1.29 is 19.1 Å². The third kappa shape index (κ3) is 3.22. The highest BCUT2D eigenvalue weighted by atomic mass is 35.5. The molecule has 0 aliphatic carbocycles. The summed E-state index contributed by atoms with van der Waals surface area (Å²) in [7, 11) is 0. The summed E-state index contributed by atoms with van der Waals surface area (Å²) in [6.07, 6.45) is 0.205. The van der Waals surface area contributed by atoms with E-state index >= 15 is 0 Å². The van der Waals surface area contributed by atoms with Crippen molar-refractivity contribution in [2.75, 3.05) is 5.32 Å². The minimum Gasteiger partial charge on any atom is -0.477 e. The smallest absolute Gasteiger partial charge is 0.346 e. The van der Waals surface area contributed by atoms with E-state index in [1.807, 2.05) is 12.1 Å². The first-order chi connectivity index (χ1) is 12.9. The second-order valence-electron chi connectivity index (χ2n) is 6.22. The third-order valence-corrected chi connectivity index (χ3v) is 6.03. The number of benzene rings is 2. The summed E-state index contributed by atoms with van der Waals surface area (Å²) < 4.78 is 13.7. The van der Waals surface area contributed by atoms with Gasteiger partial charge in [0.05, 0.1) is 5.69 Å². The Morgan fingerprint density at radius 3 is 2.63 bits per heavy atom. The Morgan fingerprint density at radius 2 is 1.96 bits per heavy atom. The van der Waals surface area contributed by atoms with Gasteiger partial charge in [-0.1, -0.05) is 35.9 Å². The van der Waals surface area contributed by atoms with E-state index in [1.165, 1.54) is 18.2 Å². The number of carbonyl (C=O) groups excluding carboxylic acids is 1. The molecule has 0 bridgehead atoms. The lowest BCUT2D eigenvalue weighted by molar-refractivity contribution is -0.116. The minimum absolute atomic E-state index is 0.0757. The summed E-state index contributed by atoms with van der Waals surface area (Å²) in [6, 6.07) is 12.8. The minimum atomic E-state index is -1.11. The number of thiophene rings is 1. The lowest BCUT2D eigenvalue weighted by atomic mass is 9.88. The molecule has 4 rings (SSSR count). The molecule has 1 amide bonds. The molecule has 1 aliphatic heterocycles. The Hall–Kier alpha value is -2.70. The fourth-order valence-electron chi connectivity index (χ4n) is 3.32. The van der Waals surface area contributed by atoms with E-state index in [-0.39, 0.29) is 23.1 Å². The van der Waals surface area contributed by atoms with Crippen molar-refractivity contribution in [1.82, 2.24) is 0 Å². The molecule has 4 nitrogen and oxygen atoms in total. The van der Waals surface area contributed by atoms with E-state index < -0.39 is 11.8 Å². The topological polar surface area (TPSA) is 66.4 Å². The van der Waals surface area contributed by atoms with Crippen LogP contribution < -0.4 is 5.32 Å². The second kappa shape index (κ2) is 6.79. The van der Waals surface area contributed by atoms with Gasteiger partial charge in [-0.2, -0.15) is 0 Å². The van der Waals surface area contributed by atoms with E-state index in [2.05, 4.69) is 5.32 Å². The highest BCUT2D eigenvalue weighted by molar-refractivity contribution is 7.15. The molecule has 1 aliphatic rings. The maximum Gasteiger partial charge on any atom is 0.346 e. The van der Waals surface area contributed by atoms with Crippen LogP contribution in [0.3, 0.4) is 0 Å². The largest absolute Gasteiger partial charge is 0.477 e. The van der Waals surface area contributed by atoms with Gasteiger partial charge in [-0.3, -0.25) is 4.79 Å². The monoisotopic (exact) mass is 401 g/mol. The van der Waals surface area contributed by atoms with Crippen LogP contribution in [0.25, 0.3) is 11.1 Å². The number of hydrogen-bond acceptors (Lipinski definition) is 3. The first kappa shape index (κ1) is 17.7. The average molecular weight is 402 g/mol. The van der Waals surface area contributed by atoms with Crippen LogP contribution in [0.15, 0.2) is 48.5 Å². The maximum absolute atomic E-state index is 13.7. The molecule has 0 saturated carbocycles. The third-order valence-electron chi connectivity index (χ3n) is 4.49. The van der Waals surface area contributed by atoms with Crippen molar-refractivity contribution in [1.29, 1.82) is 0 Å². The van der Waals surface area contributed by atoms with E-state index in [0.717, 1.165) is 21.8 Å². The molecule has 0 saturated heterocycles. The van der Waals surface area contributed by atoms with Crippen LogP contribution in [0.2, 0.25) is 5.02 Å². The Labute approximate surface area is 163 Å². The summed E-state index contributed by atoms with van der Waals surface area (Å²) in [5.74, 6) is -2.08.